The average molecular weight is 251 g/mol. The quantitative estimate of drug-likeness (QED) is 0.864. The summed E-state index contributed by atoms with van der Waals surface area (Å²) >= 11 is 0. The third-order valence-electron chi connectivity index (χ3n) is 3.01. The summed E-state index contributed by atoms with van der Waals surface area (Å²) in [6, 6.07) is 1.90. The molecule has 0 spiro atoms. The zero-order valence-electron chi connectivity index (χ0n) is 11.1. The molecule has 0 bridgehead atoms. The number of rotatable bonds is 5. The Morgan fingerprint density at radius 1 is 1.61 bits per heavy atom. The minimum atomic E-state index is -0.0568. The first kappa shape index (κ1) is 13.1. The number of nitrogens with one attached hydrogen (secondary N) is 1. The fourth-order valence-electron chi connectivity index (χ4n) is 2.15. The molecule has 0 amide bonds. The van der Waals surface area contributed by atoms with Crippen molar-refractivity contribution in [1.29, 1.82) is 0 Å². The van der Waals surface area contributed by atoms with Crippen LogP contribution in [0.15, 0.2) is 17.1 Å². The summed E-state index contributed by atoms with van der Waals surface area (Å²) in [6.45, 7) is 5.54. The Kier molecular flexibility index (Phi) is 4.36. The third kappa shape index (κ3) is 3.57. The van der Waals surface area contributed by atoms with Crippen molar-refractivity contribution in [1.82, 2.24) is 9.78 Å². The van der Waals surface area contributed by atoms with Crippen LogP contribution in [0, 0.1) is 0 Å². The van der Waals surface area contributed by atoms with Crippen LogP contribution in [0.25, 0.3) is 0 Å². The maximum absolute atomic E-state index is 11.8. The maximum Gasteiger partial charge on any atom is 0.268 e. The van der Waals surface area contributed by atoms with E-state index in [0.717, 1.165) is 31.6 Å². The van der Waals surface area contributed by atoms with Crippen LogP contribution in [-0.2, 0) is 11.3 Å². The molecule has 1 N–H and O–H groups in total. The molecule has 1 atom stereocenters. The van der Waals surface area contributed by atoms with Gasteiger partial charge in [0.25, 0.3) is 5.56 Å². The Labute approximate surface area is 107 Å². The Morgan fingerprint density at radius 2 is 2.44 bits per heavy atom. The molecule has 0 aliphatic carbocycles. The highest BCUT2D eigenvalue weighted by atomic mass is 16.5. The number of hydrogen-bond acceptors (Lipinski definition) is 4. The number of aryl methyl sites for hydroxylation is 1. The van der Waals surface area contributed by atoms with E-state index in [2.05, 4.69) is 10.4 Å². The van der Waals surface area contributed by atoms with Gasteiger partial charge in [-0.25, -0.2) is 4.68 Å². The molecule has 1 aromatic heterocycles. The van der Waals surface area contributed by atoms with E-state index in [9.17, 15) is 4.79 Å². The van der Waals surface area contributed by atoms with Gasteiger partial charge in [-0.15, -0.1) is 0 Å². The molecule has 0 radical (unpaired) electrons. The molecule has 0 saturated carbocycles. The van der Waals surface area contributed by atoms with Crippen molar-refractivity contribution < 1.29 is 4.74 Å². The van der Waals surface area contributed by atoms with Gasteiger partial charge in [-0.1, -0.05) is 0 Å². The Balaban J connectivity index is 1.94. The van der Waals surface area contributed by atoms with E-state index in [1.807, 2.05) is 13.8 Å². The van der Waals surface area contributed by atoms with E-state index < -0.39 is 0 Å². The van der Waals surface area contributed by atoms with Crippen LogP contribution in [-0.4, -0.2) is 28.5 Å². The van der Waals surface area contributed by atoms with Crippen molar-refractivity contribution in [3.8, 4) is 0 Å². The fourth-order valence-corrected chi connectivity index (χ4v) is 2.15. The van der Waals surface area contributed by atoms with E-state index in [4.69, 9.17) is 4.74 Å². The monoisotopic (exact) mass is 251 g/mol. The van der Waals surface area contributed by atoms with Crippen LogP contribution < -0.4 is 10.9 Å². The normalized spacial score (nSPS) is 19.4. The minimum absolute atomic E-state index is 0.0568. The molecule has 2 rings (SSSR count). The Bertz CT molecular complexity index is 436. The van der Waals surface area contributed by atoms with Crippen LogP contribution >= 0.6 is 0 Å². The van der Waals surface area contributed by atoms with Gasteiger partial charge >= 0.3 is 0 Å². The van der Waals surface area contributed by atoms with Crippen molar-refractivity contribution in [2.45, 2.75) is 51.8 Å². The Hall–Kier alpha value is -1.36. The van der Waals surface area contributed by atoms with Gasteiger partial charge in [0.15, 0.2) is 0 Å². The maximum atomic E-state index is 11.8. The van der Waals surface area contributed by atoms with Gasteiger partial charge in [0.05, 0.1) is 18.0 Å². The summed E-state index contributed by atoms with van der Waals surface area (Å²) in [5.74, 6) is 0. The van der Waals surface area contributed by atoms with E-state index in [1.165, 1.54) is 4.68 Å². The molecule has 1 fully saturated rings. The molecule has 2 heterocycles. The van der Waals surface area contributed by atoms with Crippen molar-refractivity contribution in [2.75, 3.05) is 11.9 Å². The molecule has 100 valence electrons. The second kappa shape index (κ2) is 6.00. The zero-order chi connectivity index (χ0) is 13.0. The minimum Gasteiger partial charge on any atom is -0.381 e. The summed E-state index contributed by atoms with van der Waals surface area (Å²) < 4.78 is 7.04. The van der Waals surface area contributed by atoms with Crippen LogP contribution in [0.1, 0.15) is 33.1 Å². The summed E-state index contributed by atoms with van der Waals surface area (Å²) in [6.07, 6.45) is 5.10. The van der Waals surface area contributed by atoms with Crippen molar-refractivity contribution in [2.24, 2.45) is 0 Å². The lowest BCUT2D eigenvalue weighted by Gasteiger charge is -2.12. The first-order valence-corrected chi connectivity index (χ1v) is 6.60. The van der Waals surface area contributed by atoms with Gasteiger partial charge in [0, 0.05) is 25.3 Å². The lowest BCUT2D eigenvalue weighted by atomic mass is 10.2. The van der Waals surface area contributed by atoms with Gasteiger partial charge in [-0.05, 0) is 33.1 Å². The second-order valence-corrected chi connectivity index (χ2v) is 5.03. The van der Waals surface area contributed by atoms with Crippen LogP contribution in [0.5, 0.6) is 0 Å². The standard InChI is InChI=1S/C13H21N3O2/c1-10(2)15-11-8-13(17)16(14-9-11)6-5-12-4-3-7-18-12/h8-10,12,15H,3-7H2,1-2H3. The van der Waals surface area contributed by atoms with E-state index in [0.29, 0.717) is 18.7 Å². The van der Waals surface area contributed by atoms with Gasteiger partial charge in [-0.3, -0.25) is 4.79 Å². The summed E-state index contributed by atoms with van der Waals surface area (Å²) in [4.78, 5) is 11.8. The second-order valence-electron chi connectivity index (χ2n) is 5.03. The number of aromatic nitrogens is 2. The lowest BCUT2D eigenvalue weighted by Crippen LogP contribution is -2.25. The van der Waals surface area contributed by atoms with Gasteiger partial charge in [0.2, 0.25) is 0 Å². The van der Waals surface area contributed by atoms with Gasteiger partial charge in [-0.2, -0.15) is 5.10 Å². The zero-order valence-corrected chi connectivity index (χ0v) is 11.1. The van der Waals surface area contributed by atoms with E-state index in [-0.39, 0.29) is 5.56 Å². The van der Waals surface area contributed by atoms with Gasteiger partial charge < -0.3 is 10.1 Å². The number of nitrogens with zero attached hydrogens (tertiary/aromatic N) is 2. The summed E-state index contributed by atoms with van der Waals surface area (Å²) in [7, 11) is 0. The molecule has 18 heavy (non-hydrogen) atoms. The summed E-state index contributed by atoms with van der Waals surface area (Å²) in [5, 5.41) is 7.35. The number of ether oxygens (including phenoxy) is 1. The number of hydrogen-bond donors (Lipinski definition) is 1. The molecule has 1 saturated heterocycles. The predicted octanol–water partition coefficient (Wildman–Crippen LogP) is 1.63. The van der Waals surface area contributed by atoms with E-state index >= 15 is 0 Å². The topological polar surface area (TPSA) is 56.1 Å². The molecule has 5 heteroatoms. The first-order valence-electron chi connectivity index (χ1n) is 6.60. The molecule has 1 aliphatic rings. The predicted molar refractivity (Wildman–Crippen MR) is 70.8 cm³/mol. The molecule has 1 aliphatic heterocycles. The largest absolute Gasteiger partial charge is 0.381 e. The molecular formula is C13H21N3O2. The highest BCUT2D eigenvalue weighted by molar-refractivity contribution is 5.39. The molecule has 0 aromatic carbocycles. The van der Waals surface area contributed by atoms with Crippen molar-refractivity contribution in [3.63, 3.8) is 0 Å². The van der Waals surface area contributed by atoms with Crippen molar-refractivity contribution >= 4 is 5.69 Å². The molecule has 1 unspecified atom stereocenters. The van der Waals surface area contributed by atoms with Crippen LogP contribution in [0.3, 0.4) is 0 Å². The smallest absolute Gasteiger partial charge is 0.268 e. The van der Waals surface area contributed by atoms with Crippen LogP contribution in [0.2, 0.25) is 0 Å². The lowest BCUT2D eigenvalue weighted by molar-refractivity contribution is 0.0990. The number of anilines is 1. The molecular weight excluding hydrogens is 230 g/mol. The SMILES string of the molecule is CC(C)Nc1cnn(CCC2CCCO2)c(=O)c1. The fraction of sp³-hybridized carbons (Fsp3) is 0.692. The summed E-state index contributed by atoms with van der Waals surface area (Å²) in [5.41, 5.74) is 0.724. The average Bonchev–Trinajstić information content (AvgIpc) is 2.80. The van der Waals surface area contributed by atoms with E-state index in [1.54, 1.807) is 12.3 Å². The highest BCUT2D eigenvalue weighted by Crippen LogP contribution is 2.15. The van der Waals surface area contributed by atoms with Crippen molar-refractivity contribution in [3.05, 3.63) is 22.6 Å². The molecule has 1 aromatic rings. The van der Waals surface area contributed by atoms with Crippen LogP contribution in [0.4, 0.5) is 5.69 Å². The third-order valence-corrected chi connectivity index (χ3v) is 3.01. The van der Waals surface area contributed by atoms with Gasteiger partial charge in [0.1, 0.15) is 0 Å². The highest BCUT2D eigenvalue weighted by Gasteiger charge is 2.15. The Morgan fingerprint density at radius 3 is 3.06 bits per heavy atom. The first-order chi connectivity index (χ1) is 8.65. The molecule has 5 nitrogen and oxygen atoms in total.